The van der Waals surface area contributed by atoms with Crippen molar-refractivity contribution in [1.82, 2.24) is 4.90 Å². The summed E-state index contributed by atoms with van der Waals surface area (Å²) in [5, 5.41) is 9.06. The maximum atomic E-state index is 14.6. The Morgan fingerprint density at radius 1 is 1.15 bits per heavy atom. The molecule has 184 valence electrons. The van der Waals surface area contributed by atoms with Gasteiger partial charge in [-0.15, -0.1) is 0 Å². The average Bonchev–Trinajstić information content (AvgIpc) is 2.84. The van der Waals surface area contributed by atoms with Gasteiger partial charge in [0.25, 0.3) is 5.91 Å². The topological polar surface area (TPSA) is 62.2 Å². The molecule has 0 aliphatic carbocycles. The molecular weight excluding hydrogens is 435 g/mol. The summed E-state index contributed by atoms with van der Waals surface area (Å²) in [7, 11) is 0. The monoisotopic (exact) mass is 470 g/mol. The van der Waals surface area contributed by atoms with Gasteiger partial charge in [0.15, 0.2) is 0 Å². The summed E-state index contributed by atoms with van der Waals surface area (Å²) in [6, 6.07) is 14.4. The maximum Gasteiger partial charge on any atom is 0.256 e. The molecule has 34 heavy (non-hydrogen) atoms. The van der Waals surface area contributed by atoms with Crippen LogP contribution in [-0.4, -0.2) is 67.0 Å². The molecule has 7 heteroatoms. The van der Waals surface area contributed by atoms with Crippen LogP contribution in [0.2, 0.25) is 0 Å². The average molecular weight is 471 g/mol. The van der Waals surface area contributed by atoms with Gasteiger partial charge in [-0.3, -0.25) is 4.79 Å². The van der Waals surface area contributed by atoms with Crippen molar-refractivity contribution < 1.29 is 23.8 Å². The molecule has 2 aromatic carbocycles. The lowest BCUT2D eigenvalue weighted by molar-refractivity contribution is -0.171. The van der Waals surface area contributed by atoms with Crippen molar-refractivity contribution in [3.05, 3.63) is 59.9 Å². The summed E-state index contributed by atoms with van der Waals surface area (Å²) in [6.45, 7) is 7.20. The highest BCUT2D eigenvalue weighted by Gasteiger charge is 2.48. The van der Waals surface area contributed by atoms with Crippen LogP contribution in [0.1, 0.15) is 32.3 Å². The number of carbonyl (C=O) groups excluding carboxylic acids is 1. The van der Waals surface area contributed by atoms with Crippen LogP contribution in [0.4, 0.5) is 10.1 Å². The number of anilines is 1. The van der Waals surface area contributed by atoms with Crippen molar-refractivity contribution in [2.45, 2.75) is 44.8 Å². The summed E-state index contributed by atoms with van der Waals surface area (Å²) in [5.74, 6) is 0.287. The number of hydrogen-bond acceptors (Lipinski definition) is 5. The van der Waals surface area contributed by atoms with E-state index < -0.39 is 11.7 Å². The molecule has 2 heterocycles. The van der Waals surface area contributed by atoms with Gasteiger partial charge in [-0.2, -0.15) is 0 Å². The lowest BCUT2D eigenvalue weighted by Crippen LogP contribution is -2.63. The van der Waals surface area contributed by atoms with Gasteiger partial charge in [-0.25, -0.2) is 4.39 Å². The lowest BCUT2D eigenvalue weighted by atomic mass is 9.86. The molecule has 0 saturated carbocycles. The van der Waals surface area contributed by atoms with Gasteiger partial charge in [0.1, 0.15) is 24.3 Å². The number of hydrogen-bond donors (Lipinski definition) is 1. The number of morpholine rings is 1. The van der Waals surface area contributed by atoms with Crippen molar-refractivity contribution >= 4 is 11.6 Å². The standard InChI is InChI=1S/C27H35FN2O4/c1-20(2)25-26(32)30(23-9-5-4-8-22(23)28)19-27(34-25)12-15-29(16-13-27)14-11-21-7-3-6-10-24(21)33-18-17-31/h3-10,20,25,31H,11-19H2,1-2H3. The Morgan fingerprint density at radius 2 is 1.85 bits per heavy atom. The fourth-order valence-electron chi connectivity index (χ4n) is 4.92. The highest BCUT2D eigenvalue weighted by molar-refractivity contribution is 5.97. The number of benzene rings is 2. The largest absolute Gasteiger partial charge is 0.491 e. The first kappa shape index (κ1) is 24.6. The summed E-state index contributed by atoms with van der Waals surface area (Å²) in [5.41, 5.74) is 0.994. The Morgan fingerprint density at radius 3 is 2.56 bits per heavy atom. The minimum absolute atomic E-state index is 0.00685. The number of carbonyl (C=O) groups is 1. The molecule has 2 fully saturated rings. The maximum absolute atomic E-state index is 14.6. The van der Waals surface area contributed by atoms with Crippen LogP contribution >= 0.6 is 0 Å². The molecule has 1 atom stereocenters. The van der Waals surface area contributed by atoms with E-state index in [1.54, 1.807) is 23.1 Å². The van der Waals surface area contributed by atoms with Gasteiger partial charge in [0, 0.05) is 19.6 Å². The molecule has 0 bridgehead atoms. The van der Waals surface area contributed by atoms with Crippen LogP contribution in [0, 0.1) is 11.7 Å². The first-order valence-electron chi connectivity index (χ1n) is 12.2. The van der Waals surface area contributed by atoms with E-state index in [1.165, 1.54) is 6.07 Å². The number of para-hydroxylation sites is 2. The third-order valence-electron chi connectivity index (χ3n) is 6.87. The second-order valence-electron chi connectivity index (χ2n) is 9.61. The van der Waals surface area contributed by atoms with Gasteiger partial charge in [0.05, 0.1) is 24.4 Å². The van der Waals surface area contributed by atoms with Crippen molar-refractivity contribution in [2.75, 3.05) is 44.3 Å². The Labute approximate surface area is 201 Å². The molecule has 1 unspecified atom stereocenters. The Balaban J connectivity index is 1.42. The van der Waals surface area contributed by atoms with E-state index in [2.05, 4.69) is 11.0 Å². The molecule has 1 N–H and O–H groups in total. The van der Waals surface area contributed by atoms with Gasteiger partial charge in [-0.1, -0.05) is 44.2 Å². The van der Waals surface area contributed by atoms with Crippen LogP contribution in [0.15, 0.2) is 48.5 Å². The van der Waals surface area contributed by atoms with Gasteiger partial charge in [-0.05, 0) is 48.9 Å². The van der Waals surface area contributed by atoms with Crippen LogP contribution in [0.3, 0.4) is 0 Å². The minimum atomic E-state index is -0.574. The smallest absolute Gasteiger partial charge is 0.256 e. The third kappa shape index (κ3) is 5.43. The fraction of sp³-hybridized carbons (Fsp3) is 0.519. The summed E-state index contributed by atoms with van der Waals surface area (Å²) < 4.78 is 26.7. The second kappa shape index (κ2) is 10.8. The number of likely N-dealkylation sites (tertiary alicyclic amines) is 1. The number of aliphatic hydroxyl groups is 1. The predicted octanol–water partition coefficient (Wildman–Crippen LogP) is 3.66. The number of nitrogens with zero attached hydrogens (tertiary/aromatic N) is 2. The van der Waals surface area contributed by atoms with E-state index in [0.717, 1.165) is 50.2 Å². The zero-order valence-electron chi connectivity index (χ0n) is 20.1. The van der Waals surface area contributed by atoms with Gasteiger partial charge >= 0.3 is 0 Å². The number of piperidine rings is 1. The molecule has 2 saturated heterocycles. The normalized spacial score (nSPS) is 20.8. The molecule has 6 nitrogen and oxygen atoms in total. The highest BCUT2D eigenvalue weighted by Crippen LogP contribution is 2.37. The third-order valence-corrected chi connectivity index (χ3v) is 6.87. The second-order valence-corrected chi connectivity index (χ2v) is 9.61. The molecule has 2 aliphatic heterocycles. The summed E-state index contributed by atoms with van der Waals surface area (Å²) in [6.07, 6.45) is 1.86. The lowest BCUT2D eigenvalue weighted by Gasteiger charge is -2.50. The first-order chi connectivity index (χ1) is 16.4. The van der Waals surface area contributed by atoms with Crippen molar-refractivity contribution in [2.24, 2.45) is 5.92 Å². The summed E-state index contributed by atoms with van der Waals surface area (Å²) in [4.78, 5) is 17.2. The van der Waals surface area contributed by atoms with E-state index >= 15 is 0 Å². The number of rotatable bonds is 8. The molecule has 0 radical (unpaired) electrons. The predicted molar refractivity (Wildman–Crippen MR) is 130 cm³/mol. The minimum Gasteiger partial charge on any atom is -0.491 e. The van der Waals surface area contributed by atoms with E-state index in [-0.39, 0.29) is 30.9 Å². The van der Waals surface area contributed by atoms with Crippen LogP contribution in [-0.2, 0) is 16.0 Å². The number of amides is 1. The van der Waals surface area contributed by atoms with Gasteiger partial charge < -0.3 is 24.4 Å². The zero-order chi connectivity index (χ0) is 24.1. The Kier molecular flexibility index (Phi) is 7.86. The fourth-order valence-corrected chi connectivity index (χ4v) is 4.92. The molecule has 4 rings (SSSR count). The van der Waals surface area contributed by atoms with Crippen LogP contribution in [0.25, 0.3) is 0 Å². The van der Waals surface area contributed by atoms with E-state index in [9.17, 15) is 9.18 Å². The van der Waals surface area contributed by atoms with Crippen molar-refractivity contribution in [3.63, 3.8) is 0 Å². The molecule has 2 aromatic rings. The molecule has 1 amide bonds. The zero-order valence-corrected chi connectivity index (χ0v) is 20.1. The molecule has 1 spiro atoms. The SMILES string of the molecule is CC(C)C1OC2(CCN(CCc3ccccc3OCCO)CC2)CN(c2ccccc2F)C1=O. The Hall–Kier alpha value is -2.48. The number of aliphatic hydroxyl groups excluding tert-OH is 1. The molecule has 0 aromatic heterocycles. The molecular formula is C27H35FN2O4. The quantitative estimate of drug-likeness (QED) is 0.638. The van der Waals surface area contributed by atoms with Crippen molar-refractivity contribution in [3.8, 4) is 5.75 Å². The van der Waals surface area contributed by atoms with Crippen LogP contribution < -0.4 is 9.64 Å². The van der Waals surface area contributed by atoms with Crippen molar-refractivity contribution in [1.29, 1.82) is 0 Å². The number of halogens is 1. The van der Waals surface area contributed by atoms with E-state index in [4.69, 9.17) is 14.6 Å². The van der Waals surface area contributed by atoms with Crippen LogP contribution in [0.5, 0.6) is 5.75 Å². The van der Waals surface area contributed by atoms with Gasteiger partial charge in [0.2, 0.25) is 0 Å². The molecule has 2 aliphatic rings. The number of ether oxygens (including phenoxy) is 2. The van der Waals surface area contributed by atoms with E-state index in [0.29, 0.717) is 12.2 Å². The Bertz CT molecular complexity index is 975. The first-order valence-corrected chi connectivity index (χ1v) is 12.2. The highest BCUT2D eigenvalue weighted by atomic mass is 19.1. The van der Waals surface area contributed by atoms with E-state index in [1.807, 2.05) is 32.0 Å². The summed E-state index contributed by atoms with van der Waals surface area (Å²) >= 11 is 0.